The number of Topliss-reactive ketones (excluding diaryl/α,β-unsaturated/α-hetero) is 2. The average molecular weight is 409 g/mol. The first-order valence-corrected chi connectivity index (χ1v) is 9.47. The minimum Gasteiger partial charge on any atom is -0.489 e. The predicted molar refractivity (Wildman–Crippen MR) is 100 cm³/mol. The maximum atomic E-state index is 13.1. The summed E-state index contributed by atoms with van der Waals surface area (Å²) < 4.78 is 11.5. The first kappa shape index (κ1) is 21.3. The lowest BCUT2D eigenvalue weighted by atomic mass is 9.83. The molecule has 2 saturated heterocycles. The van der Waals surface area contributed by atoms with Crippen LogP contribution in [-0.4, -0.2) is 77.4 Å². The summed E-state index contributed by atoms with van der Waals surface area (Å²) in [6.45, 7) is 6.30. The SMILES string of the molecule is COC12C(CO)C3=C(C(=O)C(C)=C(OCC(C)C)C3=O)N1CC1NC12.NC(=O)O. The largest absolute Gasteiger partial charge is 0.489 e. The number of methoxy groups -OCH3 is 1. The molecule has 1 aliphatic carbocycles. The molecule has 29 heavy (non-hydrogen) atoms. The Morgan fingerprint density at radius 2 is 2.00 bits per heavy atom. The van der Waals surface area contributed by atoms with Gasteiger partial charge in [-0.15, -0.1) is 0 Å². The van der Waals surface area contributed by atoms with Crippen molar-refractivity contribution < 1.29 is 34.1 Å². The first-order valence-electron chi connectivity index (χ1n) is 9.47. The molecule has 3 heterocycles. The number of allylic oxidation sites excluding steroid dienone is 2. The van der Waals surface area contributed by atoms with Crippen LogP contribution < -0.4 is 11.1 Å². The van der Waals surface area contributed by atoms with Crippen LogP contribution >= 0.6 is 0 Å². The third-order valence-corrected chi connectivity index (χ3v) is 5.72. The number of aliphatic hydroxyl groups excluding tert-OH is 1. The number of rotatable bonds is 5. The van der Waals surface area contributed by atoms with Crippen molar-refractivity contribution in [3.05, 3.63) is 22.6 Å². The Hall–Kier alpha value is -2.43. The molecule has 2 fully saturated rings. The van der Waals surface area contributed by atoms with Gasteiger partial charge >= 0.3 is 6.09 Å². The summed E-state index contributed by atoms with van der Waals surface area (Å²) >= 11 is 0. The fourth-order valence-corrected chi connectivity index (χ4v) is 4.55. The number of ketones is 2. The standard InChI is InChI=1S/C18H24N2O5.CH3NO2/c1-8(2)7-25-16-9(3)14(22)13-12(15(16)23)10(6-21)18(24-4)17-11(19-17)5-20(13)18;2-1(3)4/h8,10-11,17,19,21H,5-7H2,1-4H3;2H2,(H,3,4). The zero-order valence-corrected chi connectivity index (χ0v) is 16.9. The minimum atomic E-state index is -1.33. The molecule has 0 saturated carbocycles. The Morgan fingerprint density at radius 3 is 2.52 bits per heavy atom. The highest BCUT2D eigenvalue weighted by Gasteiger charge is 2.72. The highest BCUT2D eigenvalue weighted by atomic mass is 16.5. The lowest BCUT2D eigenvalue weighted by Crippen LogP contribution is -2.54. The Morgan fingerprint density at radius 1 is 1.38 bits per heavy atom. The van der Waals surface area contributed by atoms with E-state index in [9.17, 15) is 14.7 Å². The third kappa shape index (κ3) is 3.11. The van der Waals surface area contributed by atoms with E-state index in [4.69, 9.17) is 19.4 Å². The van der Waals surface area contributed by atoms with Crippen LogP contribution in [0.5, 0.6) is 0 Å². The second kappa shape index (κ2) is 7.43. The van der Waals surface area contributed by atoms with Gasteiger partial charge in [-0.25, -0.2) is 4.79 Å². The molecule has 4 atom stereocenters. The number of carbonyl (C=O) groups excluding carboxylic acids is 2. The van der Waals surface area contributed by atoms with E-state index in [0.717, 1.165) is 0 Å². The second-order valence-electron chi connectivity index (χ2n) is 7.97. The highest BCUT2D eigenvalue weighted by molar-refractivity contribution is 6.25. The van der Waals surface area contributed by atoms with Crippen LogP contribution in [0.15, 0.2) is 22.6 Å². The fraction of sp³-hybridized carbons (Fsp3) is 0.632. The van der Waals surface area contributed by atoms with E-state index >= 15 is 0 Å². The number of piperazine rings is 1. The number of nitrogens with one attached hydrogen (secondary N) is 1. The normalized spacial score (nSPS) is 32.1. The van der Waals surface area contributed by atoms with E-state index in [1.54, 1.807) is 14.0 Å². The zero-order chi connectivity index (χ0) is 21.7. The van der Waals surface area contributed by atoms with Gasteiger partial charge in [0, 0.05) is 30.8 Å². The van der Waals surface area contributed by atoms with E-state index < -0.39 is 17.7 Å². The molecule has 3 aliphatic heterocycles. The van der Waals surface area contributed by atoms with Gasteiger partial charge in [0.15, 0.2) is 11.5 Å². The quantitative estimate of drug-likeness (QED) is 0.349. The van der Waals surface area contributed by atoms with Crippen molar-refractivity contribution in [1.29, 1.82) is 0 Å². The smallest absolute Gasteiger partial charge is 0.402 e. The van der Waals surface area contributed by atoms with Gasteiger partial charge in [0.05, 0.1) is 30.9 Å². The maximum absolute atomic E-state index is 13.1. The third-order valence-electron chi connectivity index (χ3n) is 5.72. The molecule has 5 N–H and O–H groups in total. The van der Waals surface area contributed by atoms with Gasteiger partial charge in [-0.05, 0) is 12.8 Å². The molecule has 10 nitrogen and oxygen atoms in total. The molecule has 4 unspecified atom stereocenters. The summed E-state index contributed by atoms with van der Waals surface area (Å²) in [4.78, 5) is 36.9. The highest BCUT2D eigenvalue weighted by Crippen LogP contribution is 2.55. The number of nitrogens with two attached hydrogens (primary N) is 1. The fourth-order valence-electron chi connectivity index (χ4n) is 4.55. The van der Waals surface area contributed by atoms with Gasteiger partial charge in [0.25, 0.3) is 0 Å². The molecular formula is C19H27N3O7. The van der Waals surface area contributed by atoms with Crippen LogP contribution in [0.1, 0.15) is 20.8 Å². The van der Waals surface area contributed by atoms with Gasteiger partial charge in [0.2, 0.25) is 11.6 Å². The molecule has 0 bridgehead atoms. The van der Waals surface area contributed by atoms with Gasteiger partial charge in [0.1, 0.15) is 0 Å². The van der Waals surface area contributed by atoms with Crippen LogP contribution in [0.3, 0.4) is 0 Å². The van der Waals surface area contributed by atoms with Gasteiger partial charge in [-0.3, -0.25) is 9.59 Å². The zero-order valence-electron chi connectivity index (χ0n) is 16.9. The van der Waals surface area contributed by atoms with Gasteiger partial charge < -0.3 is 35.6 Å². The van der Waals surface area contributed by atoms with Crippen LogP contribution in [0.2, 0.25) is 0 Å². The summed E-state index contributed by atoms with van der Waals surface area (Å²) in [5, 5.41) is 20.6. The molecule has 160 valence electrons. The molecule has 0 aromatic heterocycles. The van der Waals surface area contributed by atoms with Crippen molar-refractivity contribution in [2.75, 3.05) is 26.9 Å². The van der Waals surface area contributed by atoms with Crippen molar-refractivity contribution in [2.24, 2.45) is 17.6 Å². The topological polar surface area (TPSA) is 161 Å². The van der Waals surface area contributed by atoms with E-state index in [2.05, 4.69) is 11.1 Å². The summed E-state index contributed by atoms with van der Waals surface area (Å²) in [5.41, 5.74) is 4.21. The van der Waals surface area contributed by atoms with Crippen molar-refractivity contribution in [3.8, 4) is 0 Å². The molecular weight excluding hydrogens is 382 g/mol. The number of carboxylic acid groups (broad SMARTS) is 1. The Labute approximate surface area is 168 Å². The lowest BCUT2D eigenvalue weighted by Gasteiger charge is -2.39. The predicted octanol–water partition coefficient (Wildman–Crippen LogP) is -0.417. The number of hydrogen-bond acceptors (Lipinski definition) is 8. The van der Waals surface area contributed by atoms with Gasteiger partial charge in [-0.2, -0.15) is 0 Å². The number of aliphatic hydroxyl groups is 1. The summed E-state index contributed by atoms with van der Waals surface area (Å²) in [6, 6.07) is 0.245. The van der Waals surface area contributed by atoms with Crippen LogP contribution in [0.25, 0.3) is 0 Å². The van der Waals surface area contributed by atoms with Crippen molar-refractivity contribution >= 4 is 17.7 Å². The summed E-state index contributed by atoms with van der Waals surface area (Å²) in [5.74, 6) is -0.717. The van der Waals surface area contributed by atoms with E-state index in [-0.39, 0.29) is 41.9 Å². The number of fused-ring (bicyclic) bond motifs is 4. The van der Waals surface area contributed by atoms with E-state index in [0.29, 0.717) is 30.0 Å². The van der Waals surface area contributed by atoms with Crippen LogP contribution in [0.4, 0.5) is 4.79 Å². The first-order chi connectivity index (χ1) is 13.6. The second-order valence-corrected chi connectivity index (χ2v) is 7.97. The molecule has 4 aliphatic rings. The van der Waals surface area contributed by atoms with E-state index in [1.165, 1.54) is 0 Å². The van der Waals surface area contributed by atoms with Gasteiger partial charge in [-0.1, -0.05) is 13.8 Å². The number of nitrogens with zero attached hydrogens (tertiary/aromatic N) is 1. The molecule has 0 aromatic carbocycles. The molecule has 4 rings (SSSR count). The molecule has 1 amide bonds. The van der Waals surface area contributed by atoms with Crippen molar-refractivity contribution in [2.45, 2.75) is 38.6 Å². The lowest BCUT2D eigenvalue weighted by molar-refractivity contribution is -0.137. The summed E-state index contributed by atoms with van der Waals surface area (Å²) in [6.07, 6.45) is -1.33. The molecule has 0 spiro atoms. The number of carbonyl (C=O) groups is 3. The Balaban J connectivity index is 0.000000552. The monoisotopic (exact) mass is 409 g/mol. The van der Waals surface area contributed by atoms with Crippen molar-refractivity contribution in [3.63, 3.8) is 0 Å². The molecule has 0 aromatic rings. The van der Waals surface area contributed by atoms with Crippen molar-refractivity contribution in [1.82, 2.24) is 10.2 Å². The molecule has 0 radical (unpaired) electrons. The van der Waals surface area contributed by atoms with E-state index in [1.807, 2.05) is 18.7 Å². The Kier molecular flexibility index (Phi) is 5.46. The number of primary amides is 1. The molecule has 10 heteroatoms. The van der Waals surface area contributed by atoms with Crippen LogP contribution in [0, 0.1) is 11.8 Å². The number of ether oxygens (including phenoxy) is 2. The summed E-state index contributed by atoms with van der Waals surface area (Å²) in [7, 11) is 1.57. The Bertz CT molecular complexity index is 815. The number of amides is 1. The minimum absolute atomic E-state index is 0.0150. The average Bonchev–Trinajstić information content (AvgIpc) is 3.25. The number of hydrogen-bond donors (Lipinski definition) is 4. The van der Waals surface area contributed by atoms with Crippen LogP contribution in [-0.2, 0) is 19.1 Å². The maximum Gasteiger partial charge on any atom is 0.402 e.